The van der Waals surface area contributed by atoms with Crippen molar-refractivity contribution >= 4 is 13.0 Å². The average molecular weight is 370 g/mol. The Bertz CT molecular complexity index is 597. The van der Waals surface area contributed by atoms with Gasteiger partial charge >= 0.3 is 13.0 Å². The largest absolute Gasteiger partial charge is 0.451 e. The Morgan fingerprint density at radius 2 is 1.33 bits per heavy atom. The van der Waals surface area contributed by atoms with Gasteiger partial charge in [0.1, 0.15) is 6.61 Å². The zero-order valence-corrected chi connectivity index (χ0v) is 18.2. The van der Waals surface area contributed by atoms with E-state index in [9.17, 15) is 4.79 Å². The first-order chi connectivity index (χ1) is 12.6. The normalized spacial score (nSPS) is 11.5. The summed E-state index contributed by atoms with van der Waals surface area (Å²) in [6.45, 7) is 17.4. The molecule has 0 aliphatic rings. The Morgan fingerprint density at radius 1 is 0.889 bits per heavy atom. The molecule has 0 N–H and O–H groups in total. The monoisotopic (exact) mass is 370 g/mol. The van der Waals surface area contributed by atoms with Gasteiger partial charge in [0, 0.05) is 5.92 Å². The maximum Gasteiger partial charge on any atom is 0.401 e. The van der Waals surface area contributed by atoms with Crippen LogP contribution in [-0.4, -0.2) is 46.7 Å². The number of carbonyl (C=O) groups excluding carboxylic acids is 1. The van der Waals surface area contributed by atoms with Gasteiger partial charge in [-0.1, -0.05) is 85.7 Å². The fourth-order valence-electron chi connectivity index (χ4n) is 3.51. The Kier molecular flexibility index (Phi) is 9.62. The highest BCUT2D eigenvalue weighted by molar-refractivity contribution is 6.62. The SMILES string of the molecule is CC(C)N(B(C#CC(=O)OCc1ccccc1)N(C(C)C)C(C)C)C(C)C. The second-order valence-electron chi connectivity index (χ2n) is 7.97. The van der Waals surface area contributed by atoms with Crippen molar-refractivity contribution in [2.75, 3.05) is 0 Å². The quantitative estimate of drug-likeness (QED) is 0.393. The molecule has 0 atom stereocenters. The molecule has 0 aromatic heterocycles. The topological polar surface area (TPSA) is 32.8 Å². The summed E-state index contributed by atoms with van der Waals surface area (Å²) < 4.78 is 5.33. The summed E-state index contributed by atoms with van der Waals surface area (Å²) in [4.78, 5) is 16.9. The highest BCUT2D eigenvalue weighted by atomic mass is 16.5. The third-order valence-electron chi connectivity index (χ3n) is 4.47. The number of esters is 1. The molecule has 5 heteroatoms. The Morgan fingerprint density at radius 3 is 1.74 bits per heavy atom. The van der Waals surface area contributed by atoms with Crippen LogP contribution in [0.3, 0.4) is 0 Å². The minimum atomic E-state index is -0.483. The fraction of sp³-hybridized carbons (Fsp3) is 0.591. The van der Waals surface area contributed by atoms with Crippen LogP contribution in [0, 0.1) is 11.7 Å². The number of hydrogen-bond acceptors (Lipinski definition) is 4. The van der Waals surface area contributed by atoms with Crippen LogP contribution >= 0.6 is 0 Å². The van der Waals surface area contributed by atoms with E-state index in [2.05, 4.69) is 76.8 Å². The van der Waals surface area contributed by atoms with Crippen molar-refractivity contribution < 1.29 is 9.53 Å². The predicted molar refractivity (Wildman–Crippen MR) is 114 cm³/mol. The molecule has 0 unspecified atom stereocenters. The van der Waals surface area contributed by atoms with Crippen molar-refractivity contribution in [1.82, 2.24) is 9.62 Å². The highest BCUT2D eigenvalue weighted by Crippen LogP contribution is 2.16. The van der Waals surface area contributed by atoms with Crippen molar-refractivity contribution in [1.29, 1.82) is 0 Å². The van der Waals surface area contributed by atoms with Crippen molar-refractivity contribution in [3.63, 3.8) is 0 Å². The van der Waals surface area contributed by atoms with Crippen LogP contribution in [0.15, 0.2) is 30.3 Å². The standard InChI is InChI=1S/C22H35BN2O2/c1-17(2)24(18(3)4)23(25(19(5)6)20(7)8)15-14-22(26)27-16-21-12-10-9-11-13-21/h9-13,17-20H,16H2,1-8H3. The Hall–Kier alpha value is -1.77. The van der Waals surface area contributed by atoms with E-state index in [0.29, 0.717) is 24.2 Å². The first-order valence-electron chi connectivity index (χ1n) is 9.92. The zero-order valence-electron chi connectivity index (χ0n) is 18.2. The molecule has 1 aromatic rings. The van der Waals surface area contributed by atoms with Crippen molar-refractivity contribution in [2.45, 2.75) is 86.2 Å². The van der Waals surface area contributed by atoms with Gasteiger partial charge in [0.25, 0.3) is 0 Å². The first kappa shape index (κ1) is 23.3. The Balaban J connectivity index is 3.02. The van der Waals surface area contributed by atoms with E-state index in [0.717, 1.165) is 5.56 Å². The summed E-state index contributed by atoms with van der Waals surface area (Å²) in [5, 5.41) is 0. The number of hydrogen-bond donors (Lipinski definition) is 0. The summed E-state index contributed by atoms with van der Waals surface area (Å²) in [5.74, 6) is 5.46. The summed E-state index contributed by atoms with van der Waals surface area (Å²) in [6, 6.07) is 10.9. The van der Waals surface area contributed by atoms with E-state index in [1.807, 2.05) is 30.3 Å². The molecular weight excluding hydrogens is 335 g/mol. The van der Waals surface area contributed by atoms with Crippen LogP contribution in [0.4, 0.5) is 0 Å². The third kappa shape index (κ3) is 7.40. The number of ether oxygens (including phenoxy) is 1. The molecular formula is C22H35BN2O2. The van der Waals surface area contributed by atoms with Gasteiger partial charge in [-0.05, 0) is 29.7 Å². The van der Waals surface area contributed by atoms with E-state index in [-0.39, 0.29) is 13.6 Å². The molecule has 148 valence electrons. The van der Waals surface area contributed by atoms with E-state index in [1.165, 1.54) is 0 Å². The lowest BCUT2D eigenvalue weighted by Gasteiger charge is -2.42. The first-order valence-corrected chi connectivity index (χ1v) is 9.92. The van der Waals surface area contributed by atoms with Crippen molar-refractivity contribution in [3.05, 3.63) is 35.9 Å². The Labute approximate surface area is 166 Å². The molecule has 27 heavy (non-hydrogen) atoms. The maximum absolute atomic E-state index is 12.2. The third-order valence-corrected chi connectivity index (χ3v) is 4.47. The number of carbonyl (C=O) groups is 1. The van der Waals surface area contributed by atoms with Gasteiger partial charge in [-0.15, -0.1) is 5.82 Å². The van der Waals surface area contributed by atoms with Crippen LogP contribution in [0.25, 0.3) is 0 Å². The van der Waals surface area contributed by atoms with Gasteiger partial charge in [0.05, 0.1) is 0 Å². The van der Waals surface area contributed by atoms with Gasteiger partial charge in [-0.25, -0.2) is 4.79 Å². The summed E-state index contributed by atoms with van der Waals surface area (Å²) in [5.41, 5.74) is 0.959. The lowest BCUT2D eigenvalue weighted by Crippen LogP contribution is -2.61. The molecule has 0 fully saturated rings. The predicted octanol–water partition coefficient (Wildman–Crippen LogP) is 4.00. The summed E-state index contributed by atoms with van der Waals surface area (Å²) in [6.07, 6.45) is 0. The molecule has 4 nitrogen and oxygen atoms in total. The minimum absolute atomic E-state index is 0.144. The highest BCUT2D eigenvalue weighted by Gasteiger charge is 2.36. The van der Waals surface area contributed by atoms with E-state index in [1.54, 1.807) is 0 Å². The van der Waals surface area contributed by atoms with Gasteiger partial charge in [-0.2, -0.15) is 0 Å². The van der Waals surface area contributed by atoms with Gasteiger partial charge in [0.2, 0.25) is 0 Å². The number of nitrogens with zero attached hydrogens (tertiary/aromatic N) is 2. The van der Waals surface area contributed by atoms with E-state index in [4.69, 9.17) is 4.74 Å². The maximum atomic E-state index is 12.2. The molecule has 0 spiro atoms. The molecule has 0 heterocycles. The van der Waals surface area contributed by atoms with E-state index < -0.39 is 5.97 Å². The molecule has 0 aliphatic carbocycles. The second-order valence-corrected chi connectivity index (χ2v) is 7.97. The van der Waals surface area contributed by atoms with Crippen molar-refractivity contribution in [3.8, 4) is 11.7 Å². The molecule has 0 bridgehead atoms. The van der Waals surface area contributed by atoms with Crippen LogP contribution in [0.2, 0.25) is 0 Å². The van der Waals surface area contributed by atoms with Crippen LogP contribution in [0.5, 0.6) is 0 Å². The molecule has 0 saturated heterocycles. The zero-order chi connectivity index (χ0) is 20.6. The lowest BCUT2D eigenvalue weighted by atomic mass is 9.68. The lowest BCUT2D eigenvalue weighted by molar-refractivity contribution is -0.137. The number of rotatable bonds is 8. The molecule has 0 amide bonds. The summed E-state index contributed by atoms with van der Waals surface area (Å²) in [7, 11) is 0. The second kappa shape index (κ2) is 11.2. The van der Waals surface area contributed by atoms with Crippen LogP contribution in [0.1, 0.15) is 61.0 Å². The minimum Gasteiger partial charge on any atom is -0.451 e. The summed E-state index contributed by atoms with van der Waals surface area (Å²) >= 11 is 0. The molecule has 1 aromatic carbocycles. The smallest absolute Gasteiger partial charge is 0.401 e. The van der Waals surface area contributed by atoms with Gasteiger partial charge in [0.15, 0.2) is 0 Å². The molecule has 0 aliphatic heterocycles. The number of benzene rings is 1. The molecule has 0 radical (unpaired) electrons. The van der Waals surface area contributed by atoms with Crippen LogP contribution in [-0.2, 0) is 16.1 Å². The molecule has 1 rings (SSSR count). The van der Waals surface area contributed by atoms with Gasteiger partial charge in [-0.3, -0.25) is 0 Å². The fourth-order valence-corrected chi connectivity index (χ4v) is 3.51. The van der Waals surface area contributed by atoms with Crippen molar-refractivity contribution in [2.24, 2.45) is 0 Å². The molecule has 0 saturated carbocycles. The van der Waals surface area contributed by atoms with E-state index >= 15 is 0 Å². The van der Waals surface area contributed by atoms with Crippen LogP contribution < -0.4 is 0 Å². The average Bonchev–Trinajstić information content (AvgIpc) is 2.57. The van der Waals surface area contributed by atoms with Gasteiger partial charge < -0.3 is 14.4 Å².